The van der Waals surface area contributed by atoms with Crippen LogP contribution in [0.1, 0.15) is 6.92 Å². The average Bonchev–Trinajstić information content (AvgIpc) is 2.24. The third kappa shape index (κ3) is 4.13. The highest BCUT2D eigenvalue weighted by Gasteiger charge is 2.07. The lowest BCUT2D eigenvalue weighted by Crippen LogP contribution is -2.22. The molecule has 0 atom stereocenters. The Bertz CT molecular complexity index is 416. The van der Waals surface area contributed by atoms with Crippen LogP contribution in [0.15, 0.2) is 23.2 Å². The molecular weight excluding hydrogens is 228 g/mol. The Morgan fingerprint density at radius 2 is 2.12 bits per heavy atom. The number of likely N-dealkylation sites (N-methyl/N-ethyl adjacent to an activating group) is 1. The minimum absolute atomic E-state index is 0.0183. The predicted molar refractivity (Wildman–Crippen MR) is 62.6 cm³/mol. The number of hydrogen-bond acceptors (Lipinski definition) is 5. The van der Waals surface area contributed by atoms with Crippen LogP contribution in [0, 0.1) is 0 Å². The van der Waals surface area contributed by atoms with E-state index in [0.29, 0.717) is 5.82 Å². The van der Waals surface area contributed by atoms with Crippen molar-refractivity contribution in [2.75, 3.05) is 25.0 Å². The molecule has 7 heteroatoms. The average molecular weight is 244 g/mol. The molecule has 90 valence electrons. The molecule has 0 fully saturated rings. The van der Waals surface area contributed by atoms with Crippen molar-refractivity contribution in [3.8, 4) is 0 Å². The van der Waals surface area contributed by atoms with Crippen molar-refractivity contribution >= 4 is 15.8 Å². The first-order valence-corrected chi connectivity index (χ1v) is 6.52. The van der Waals surface area contributed by atoms with Gasteiger partial charge < -0.3 is 10.6 Å². The molecule has 0 aliphatic heterocycles. The zero-order chi connectivity index (χ0) is 12.0. The van der Waals surface area contributed by atoms with Gasteiger partial charge in [0.2, 0.25) is 10.0 Å². The number of nitrogens with two attached hydrogens (primary N) is 1. The van der Waals surface area contributed by atoms with Gasteiger partial charge in [-0.2, -0.15) is 0 Å². The summed E-state index contributed by atoms with van der Waals surface area (Å²) in [5, 5.41) is 11.1. The summed E-state index contributed by atoms with van der Waals surface area (Å²) >= 11 is 0. The zero-order valence-corrected chi connectivity index (χ0v) is 9.92. The molecule has 0 saturated carbocycles. The molecule has 0 bridgehead atoms. The fourth-order valence-electron chi connectivity index (χ4n) is 1.11. The van der Waals surface area contributed by atoms with Crippen molar-refractivity contribution in [3.63, 3.8) is 0 Å². The summed E-state index contributed by atoms with van der Waals surface area (Å²) in [6, 6.07) is 3.02. The molecule has 0 unspecified atom stereocenters. The highest BCUT2D eigenvalue weighted by molar-refractivity contribution is 7.89. The van der Waals surface area contributed by atoms with Gasteiger partial charge >= 0.3 is 0 Å². The van der Waals surface area contributed by atoms with Crippen molar-refractivity contribution < 1.29 is 8.42 Å². The van der Waals surface area contributed by atoms with Gasteiger partial charge in [-0.1, -0.05) is 6.92 Å². The quantitative estimate of drug-likeness (QED) is 0.600. The van der Waals surface area contributed by atoms with Crippen LogP contribution in [-0.2, 0) is 10.0 Å². The van der Waals surface area contributed by atoms with Crippen molar-refractivity contribution in [1.29, 1.82) is 0 Å². The standard InChI is InChI=1S/C9H16N4O2S/c1-2-11-5-6-12-9-4-3-8(7-13-9)16(10,14)15/h3-4,7,11H,2,5-6H2,1H3,(H,12,13)(H2,10,14,15). The van der Waals surface area contributed by atoms with Crippen LogP contribution >= 0.6 is 0 Å². The monoisotopic (exact) mass is 244 g/mol. The first-order chi connectivity index (χ1) is 7.54. The number of pyridine rings is 1. The first kappa shape index (κ1) is 12.9. The molecule has 6 nitrogen and oxygen atoms in total. The summed E-state index contributed by atoms with van der Waals surface area (Å²) in [4.78, 5) is 3.96. The molecule has 1 aromatic heterocycles. The number of nitrogens with zero attached hydrogens (tertiary/aromatic N) is 1. The van der Waals surface area contributed by atoms with Crippen LogP contribution in [0.4, 0.5) is 5.82 Å². The SMILES string of the molecule is CCNCCNc1ccc(S(N)(=O)=O)cn1. The van der Waals surface area contributed by atoms with Gasteiger partial charge in [0.25, 0.3) is 0 Å². The normalized spacial score (nSPS) is 11.4. The topological polar surface area (TPSA) is 97.1 Å². The molecule has 0 aromatic carbocycles. The van der Waals surface area contributed by atoms with E-state index in [1.165, 1.54) is 12.3 Å². The van der Waals surface area contributed by atoms with Crippen LogP contribution in [0.5, 0.6) is 0 Å². The molecule has 0 spiro atoms. The number of aromatic nitrogens is 1. The largest absolute Gasteiger partial charge is 0.369 e. The minimum Gasteiger partial charge on any atom is -0.369 e. The molecule has 16 heavy (non-hydrogen) atoms. The second-order valence-electron chi connectivity index (χ2n) is 3.20. The molecule has 1 aromatic rings. The van der Waals surface area contributed by atoms with E-state index in [1.54, 1.807) is 6.07 Å². The highest BCUT2D eigenvalue weighted by Crippen LogP contribution is 2.08. The molecule has 1 heterocycles. The fraction of sp³-hybridized carbons (Fsp3) is 0.444. The van der Waals surface area contributed by atoms with Crippen molar-refractivity contribution in [3.05, 3.63) is 18.3 Å². The van der Waals surface area contributed by atoms with Gasteiger partial charge in [0.1, 0.15) is 10.7 Å². The van der Waals surface area contributed by atoms with E-state index in [0.717, 1.165) is 19.6 Å². The molecule has 0 aliphatic rings. The molecule has 0 aliphatic carbocycles. The molecule has 1 rings (SSSR count). The maximum Gasteiger partial charge on any atom is 0.239 e. The third-order valence-corrected chi connectivity index (χ3v) is 2.82. The summed E-state index contributed by atoms with van der Waals surface area (Å²) in [5.74, 6) is 0.630. The van der Waals surface area contributed by atoms with Crippen LogP contribution < -0.4 is 15.8 Å². The summed E-state index contributed by atoms with van der Waals surface area (Å²) in [6.45, 7) is 4.50. The molecule has 0 amide bonds. The lowest BCUT2D eigenvalue weighted by atomic mass is 10.4. The molecular formula is C9H16N4O2S. The lowest BCUT2D eigenvalue weighted by Gasteiger charge is -2.06. The maximum absolute atomic E-state index is 11.0. The van der Waals surface area contributed by atoms with Gasteiger partial charge in [-0.25, -0.2) is 18.5 Å². The highest BCUT2D eigenvalue weighted by atomic mass is 32.2. The van der Waals surface area contributed by atoms with Gasteiger partial charge in [-0.15, -0.1) is 0 Å². The summed E-state index contributed by atoms with van der Waals surface area (Å²) in [7, 11) is -3.65. The molecule has 4 N–H and O–H groups in total. The van der Waals surface area contributed by atoms with E-state index >= 15 is 0 Å². The number of nitrogens with one attached hydrogen (secondary N) is 2. The van der Waals surface area contributed by atoms with Gasteiger partial charge in [-0.05, 0) is 18.7 Å². The van der Waals surface area contributed by atoms with E-state index in [-0.39, 0.29) is 4.90 Å². The number of sulfonamides is 1. The van der Waals surface area contributed by atoms with E-state index in [2.05, 4.69) is 15.6 Å². The summed E-state index contributed by atoms with van der Waals surface area (Å²) in [6.07, 6.45) is 1.24. The van der Waals surface area contributed by atoms with Crippen molar-refractivity contribution in [2.45, 2.75) is 11.8 Å². The summed E-state index contributed by atoms with van der Waals surface area (Å²) in [5.41, 5.74) is 0. The Balaban J connectivity index is 2.52. The van der Waals surface area contributed by atoms with Gasteiger partial charge in [0, 0.05) is 19.3 Å². The van der Waals surface area contributed by atoms with Gasteiger partial charge in [0.05, 0.1) is 0 Å². The summed E-state index contributed by atoms with van der Waals surface area (Å²) < 4.78 is 21.9. The zero-order valence-electron chi connectivity index (χ0n) is 9.10. The van der Waals surface area contributed by atoms with Crippen LogP contribution in [-0.4, -0.2) is 33.0 Å². The van der Waals surface area contributed by atoms with Crippen LogP contribution in [0.3, 0.4) is 0 Å². The van der Waals surface area contributed by atoms with Crippen LogP contribution in [0.25, 0.3) is 0 Å². The first-order valence-electron chi connectivity index (χ1n) is 4.97. The van der Waals surface area contributed by atoms with Crippen molar-refractivity contribution in [2.24, 2.45) is 5.14 Å². The van der Waals surface area contributed by atoms with Gasteiger partial charge in [-0.3, -0.25) is 0 Å². The van der Waals surface area contributed by atoms with E-state index in [9.17, 15) is 8.42 Å². The number of anilines is 1. The van der Waals surface area contributed by atoms with E-state index in [1.807, 2.05) is 6.92 Å². The number of primary sulfonamides is 1. The second kappa shape index (κ2) is 5.78. The van der Waals surface area contributed by atoms with Crippen molar-refractivity contribution in [1.82, 2.24) is 10.3 Å². The second-order valence-corrected chi connectivity index (χ2v) is 4.77. The molecule has 0 radical (unpaired) electrons. The Labute approximate surface area is 95.3 Å². The third-order valence-electron chi connectivity index (χ3n) is 1.92. The fourth-order valence-corrected chi connectivity index (χ4v) is 1.57. The molecule has 0 saturated heterocycles. The lowest BCUT2D eigenvalue weighted by molar-refractivity contribution is 0.597. The smallest absolute Gasteiger partial charge is 0.239 e. The number of hydrogen-bond donors (Lipinski definition) is 3. The minimum atomic E-state index is -3.65. The predicted octanol–water partition coefficient (Wildman–Crippen LogP) is -0.250. The van der Waals surface area contributed by atoms with E-state index < -0.39 is 10.0 Å². The maximum atomic E-state index is 11.0. The Morgan fingerprint density at radius 1 is 1.38 bits per heavy atom. The Hall–Kier alpha value is -1.18. The van der Waals surface area contributed by atoms with Gasteiger partial charge in [0.15, 0.2) is 0 Å². The van der Waals surface area contributed by atoms with Crippen LogP contribution in [0.2, 0.25) is 0 Å². The Morgan fingerprint density at radius 3 is 2.62 bits per heavy atom. The number of rotatable bonds is 6. The Kier molecular flexibility index (Phi) is 4.66. The van der Waals surface area contributed by atoms with E-state index in [4.69, 9.17) is 5.14 Å².